The van der Waals surface area contributed by atoms with E-state index in [1.54, 1.807) is 0 Å². The van der Waals surface area contributed by atoms with E-state index in [2.05, 4.69) is 41.0 Å². The third-order valence-corrected chi connectivity index (χ3v) is 6.57. The number of piperazine rings is 1. The number of aryl methyl sites for hydroxylation is 2. The molecule has 162 valence electrons. The molecular formula is C25H25FN6. The quantitative estimate of drug-likeness (QED) is 0.493. The summed E-state index contributed by atoms with van der Waals surface area (Å²) in [6, 6.07) is 15.1. The first-order valence-corrected chi connectivity index (χ1v) is 11.3. The molecule has 1 saturated heterocycles. The van der Waals surface area contributed by atoms with Gasteiger partial charge in [0.15, 0.2) is 5.82 Å². The van der Waals surface area contributed by atoms with Gasteiger partial charge in [-0.1, -0.05) is 29.8 Å². The smallest absolute Gasteiger partial charge is 0.254 e. The van der Waals surface area contributed by atoms with Crippen molar-refractivity contribution in [3.63, 3.8) is 0 Å². The average Bonchev–Trinajstić information content (AvgIpc) is 3.45. The number of nitrogens with zero attached hydrogens (tertiary/aromatic N) is 6. The van der Waals surface area contributed by atoms with Crippen LogP contribution in [0.1, 0.15) is 23.2 Å². The Morgan fingerprint density at radius 1 is 0.812 bits per heavy atom. The van der Waals surface area contributed by atoms with Crippen LogP contribution >= 0.6 is 0 Å². The maximum absolute atomic E-state index is 13.3. The zero-order valence-corrected chi connectivity index (χ0v) is 18.1. The second-order valence-corrected chi connectivity index (χ2v) is 8.68. The van der Waals surface area contributed by atoms with Crippen LogP contribution in [0.2, 0.25) is 0 Å². The van der Waals surface area contributed by atoms with Crippen LogP contribution in [0, 0.1) is 12.7 Å². The van der Waals surface area contributed by atoms with E-state index < -0.39 is 0 Å². The van der Waals surface area contributed by atoms with E-state index in [0.717, 1.165) is 68.2 Å². The minimum atomic E-state index is -0.197. The van der Waals surface area contributed by atoms with Crippen molar-refractivity contribution in [2.75, 3.05) is 36.0 Å². The van der Waals surface area contributed by atoms with Gasteiger partial charge in [-0.25, -0.2) is 9.37 Å². The zero-order valence-electron chi connectivity index (χ0n) is 18.1. The van der Waals surface area contributed by atoms with Crippen molar-refractivity contribution in [1.82, 2.24) is 19.6 Å². The highest BCUT2D eigenvalue weighted by atomic mass is 19.1. The Kier molecular flexibility index (Phi) is 4.56. The van der Waals surface area contributed by atoms with Gasteiger partial charge in [-0.3, -0.25) is 0 Å². The molecule has 0 unspecified atom stereocenters. The highest BCUT2D eigenvalue weighted by Crippen LogP contribution is 2.32. The van der Waals surface area contributed by atoms with Gasteiger partial charge in [0.05, 0.1) is 5.69 Å². The van der Waals surface area contributed by atoms with Crippen molar-refractivity contribution in [3.8, 4) is 11.4 Å². The van der Waals surface area contributed by atoms with Gasteiger partial charge in [0, 0.05) is 43.0 Å². The first kappa shape index (κ1) is 19.2. The SMILES string of the molecule is Cc1ccc(-c2nc3nc4c(c(N5CCN(c6ccc(F)cc6)CC5)n3n2)CCC4)cc1. The minimum absolute atomic E-state index is 0.197. The molecule has 2 aliphatic rings. The molecule has 6 nitrogen and oxygen atoms in total. The lowest BCUT2D eigenvalue weighted by molar-refractivity contribution is 0.622. The summed E-state index contributed by atoms with van der Waals surface area (Å²) in [5, 5.41) is 4.90. The second kappa shape index (κ2) is 7.58. The molecule has 0 bridgehead atoms. The summed E-state index contributed by atoms with van der Waals surface area (Å²) >= 11 is 0. The Morgan fingerprint density at radius 2 is 1.53 bits per heavy atom. The van der Waals surface area contributed by atoms with Gasteiger partial charge in [-0.05, 0) is 50.5 Å². The number of benzene rings is 2. The maximum atomic E-state index is 13.3. The molecule has 2 aromatic carbocycles. The van der Waals surface area contributed by atoms with E-state index in [1.807, 2.05) is 16.6 Å². The largest absolute Gasteiger partial charge is 0.368 e. The maximum Gasteiger partial charge on any atom is 0.254 e. The molecule has 0 spiro atoms. The summed E-state index contributed by atoms with van der Waals surface area (Å²) in [6.07, 6.45) is 3.16. The van der Waals surface area contributed by atoms with Gasteiger partial charge >= 0.3 is 0 Å². The van der Waals surface area contributed by atoms with Crippen LogP contribution in [0.3, 0.4) is 0 Å². The standard InChI is InChI=1S/C25H25FN6/c1-17-5-7-18(8-6-17)23-28-25-27-22-4-2-3-21(22)24(32(25)29-23)31-15-13-30(14-16-31)20-11-9-19(26)10-12-20/h5-12H,2-4,13-16H2,1H3. The molecule has 2 aromatic heterocycles. The van der Waals surface area contributed by atoms with E-state index in [9.17, 15) is 4.39 Å². The molecule has 1 aliphatic carbocycles. The number of hydrogen-bond acceptors (Lipinski definition) is 5. The lowest BCUT2D eigenvalue weighted by Crippen LogP contribution is -2.47. The van der Waals surface area contributed by atoms with Crippen LogP contribution in [-0.4, -0.2) is 45.8 Å². The van der Waals surface area contributed by atoms with Crippen LogP contribution < -0.4 is 9.80 Å². The zero-order chi connectivity index (χ0) is 21.7. The van der Waals surface area contributed by atoms with Crippen molar-refractivity contribution in [2.45, 2.75) is 26.2 Å². The molecule has 7 heteroatoms. The van der Waals surface area contributed by atoms with Crippen LogP contribution in [0.15, 0.2) is 48.5 Å². The number of hydrogen-bond donors (Lipinski definition) is 0. The summed E-state index contributed by atoms with van der Waals surface area (Å²) < 4.78 is 15.3. The Balaban J connectivity index is 1.35. The van der Waals surface area contributed by atoms with Gasteiger partial charge < -0.3 is 9.80 Å². The molecule has 4 aromatic rings. The van der Waals surface area contributed by atoms with E-state index >= 15 is 0 Å². The van der Waals surface area contributed by atoms with Crippen LogP contribution in [0.25, 0.3) is 17.2 Å². The average molecular weight is 429 g/mol. The lowest BCUT2D eigenvalue weighted by atomic mass is 10.1. The van der Waals surface area contributed by atoms with Gasteiger partial charge in [0.25, 0.3) is 5.78 Å². The van der Waals surface area contributed by atoms with Crippen molar-refractivity contribution in [2.24, 2.45) is 0 Å². The number of aromatic nitrogens is 4. The Morgan fingerprint density at radius 3 is 2.28 bits per heavy atom. The highest BCUT2D eigenvalue weighted by molar-refractivity contribution is 5.62. The van der Waals surface area contributed by atoms with Crippen molar-refractivity contribution in [3.05, 3.63) is 71.2 Å². The Labute approximate surface area is 186 Å². The van der Waals surface area contributed by atoms with E-state index in [1.165, 1.54) is 23.3 Å². The summed E-state index contributed by atoms with van der Waals surface area (Å²) in [5.41, 5.74) is 5.77. The molecule has 0 radical (unpaired) electrons. The molecule has 0 amide bonds. The molecule has 3 heterocycles. The summed E-state index contributed by atoms with van der Waals surface area (Å²) in [5.74, 6) is 2.34. The van der Waals surface area contributed by atoms with Gasteiger partial charge in [0.1, 0.15) is 11.6 Å². The lowest BCUT2D eigenvalue weighted by Gasteiger charge is -2.37. The van der Waals surface area contributed by atoms with Crippen molar-refractivity contribution in [1.29, 1.82) is 0 Å². The fourth-order valence-corrected chi connectivity index (χ4v) is 4.84. The third-order valence-electron chi connectivity index (χ3n) is 6.57. The molecule has 0 N–H and O–H groups in total. The molecule has 6 rings (SSSR count). The Bertz CT molecular complexity index is 1270. The predicted octanol–water partition coefficient (Wildman–Crippen LogP) is 4.05. The van der Waals surface area contributed by atoms with Crippen LogP contribution in [0.4, 0.5) is 15.9 Å². The fourth-order valence-electron chi connectivity index (χ4n) is 4.84. The first-order valence-electron chi connectivity index (χ1n) is 11.3. The molecule has 0 saturated carbocycles. The molecule has 0 atom stereocenters. The van der Waals surface area contributed by atoms with Crippen LogP contribution in [0.5, 0.6) is 0 Å². The number of anilines is 2. The van der Waals surface area contributed by atoms with Gasteiger partial charge in [0.2, 0.25) is 0 Å². The number of fused-ring (bicyclic) bond motifs is 2. The molecule has 1 aliphatic heterocycles. The summed E-state index contributed by atoms with van der Waals surface area (Å²) in [4.78, 5) is 14.4. The predicted molar refractivity (Wildman–Crippen MR) is 124 cm³/mol. The summed E-state index contributed by atoms with van der Waals surface area (Å²) in [7, 11) is 0. The van der Waals surface area contributed by atoms with E-state index in [4.69, 9.17) is 15.1 Å². The van der Waals surface area contributed by atoms with E-state index in [-0.39, 0.29) is 5.82 Å². The fraction of sp³-hybridized carbons (Fsp3) is 0.320. The number of rotatable bonds is 3. The van der Waals surface area contributed by atoms with Gasteiger partial charge in [-0.2, -0.15) is 9.50 Å². The van der Waals surface area contributed by atoms with E-state index in [0.29, 0.717) is 11.6 Å². The monoisotopic (exact) mass is 428 g/mol. The van der Waals surface area contributed by atoms with Crippen molar-refractivity contribution >= 4 is 17.3 Å². The molecule has 32 heavy (non-hydrogen) atoms. The third kappa shape index (κ3) is 3.28. The van der Waals surface area contributed by atoms with Crippen molar-refractivity contribution < 1.29 is 4.39 Å². The molecular weight excluding hydrogens is 403 g/mol. The number of halogens is 1. The Hall–Kier alpha value is -3.48. The van der Waals surface area contributed by atoms with Gasteiger partial charge in [-0.15, -0.1) is 5.10 Å². The minimum Gasteiger partial charge on any atom is -0.368 e. The summed E-state index contributed by atoms with van der Waals surface area (Å²) in [6.45, 7) is 5.59. The highest BCUT2D eigenvalue weighted by Gasteiger charge is 2.28. The first-order chi connectivity index (χ1) is 15.7. The van der Waals surface area contributed by atoms with Crippen LogP contribution in [-0.2, 0) is 12.8 Å². The normalized spacial score (nSPS) is 16.1. The molecule has 1 fully saturated rings. The topological polar surface area (TPSA) is 49.6 Å². The second-order valence-electron chi connectivity index (χ2n) is 8.68.